The van der Waals surface area contributed by atoms with Gasteiger partial charge in [-0.2, -0.15) is 0 Å². The molecule has 2 aromatic rings. The zero-order valence-corrected chi connectivity index (χ0v) is 15.2. The molecule has 6 nitrogen and oxygen atoms in total. The van der Waals surface area contributed by atoms with Gasteiger partial charge in [-0.1, -0.05) is 6.07 Å². The predicted octanol–water partition coefficient (Wildman–Crippen LogP) is 3.10. The van der Waals surface area contributed by atoms with E-state index in [0.29, 0.717) is 37.9 Å². The van der Waals surface area contributed by atoms with Crippen LogP contribution in [0.1, 0.15) is 19.4 Å². The van der Waals surface area contributed by atoms with Gasteiger partial charge in [0.2, 0.25) is 5.88 Å². The molecule has 0 saturated heterocycles. The van der Waals surface area contributed by atoms with Crippen LogP contribution in [0.15, 0.2) is 47.6 Å². The van der Waals surface area contributed by atoms with Crippen molar-refractivity contribution in [2.75, 3.05) is 26.3 Å². The molecule has 0 aliphatic heterocycles. The number of pyridine rings is 1. The fraction of sp³-hybridized carbons (Fsp3) is 0.368. The van der Waals surface area contributed by atoms with E-state index in [-0.39, 0.29) is 5.82 Å². The second kappa shape index (κ2) is 11.0. The number of halogens is 1. The van der Waals surface area contributed by atoms with E-state index < -0.39 is 0 Å². The van der Waals surface area contributed by atoms with Gasteiger partial charge in [0, 0.05) is 32.0 Å². The SMILES string of the molecule is CCNC(=NCc1ccc(Oc2ccc(F)cc2)nc1)NCCOCC. The van der Waals surface area contributed by atoms with Gasteiger partial charge in [-0.25, -0.2) is 14.4 Å². The van der Waals surface area contributed by atoms with Crippen molar-refractivity contribution in [1.29, 1.82) is 0 Å². The molecule has 0 aliphatic rings. The second-order valence-electron chi connectivity index (χ2n) is 5.38. The van der Waals surface area contributed by atoms with Crippen molar-refractivity contribution in [3.8, 4) is 11.6 Å². The molecule has 0 radical (unpaired) electrons. The molecule has 1 aromatic carbocycles. The van der Waals surface area contributed by atoms with E-state index >= 15 is 0 Å². The first-order chi connectivity index (χ1) is 12.7. The average molecular weight is 360 g/mol. The lowest BCUT2D eigenvalue weighted by Gasteiger charge is -2.11. The van der Waals surface area contributed by atoms with E-state index in [9.17, 15) is 4.39 Å². The molecule has 140 valence electrons. The van der Waals surface area contributed by atoms with Crippen molar-refractivity contribution in [2.45, 2.75) is 20.4 Å². The fourth-order valence-electron chi connectivity index (χ4n) is 2.09. The number of hydrogen-bond acceptors (Lipinski definition) is 4. The number of aromatic nitrogens is 1. The van der Waals surface area contributed by atoms with Crippen LogP contribution in [0.3, 0.4) is 0 Å². The minimum atomic E-state index is -0.301. The monoisotopic (exact) mass is 360 g/mol. The molecule has 1 aromatic heterocycles. The lowest BCUT2D eigenvalue weighted by Crippen LogP contribution is -2.39. The minimum absolute atomic E-state index is 0.301. The van der Waals surface area contributed by atoms with Gasteiger partial charge in [0.1, 0.15) is 11.6 Å². The quantitative estimate of drug-likeness (QED) is 0.409. The van der Waals surface area contributed by atoms with Crippen LogP contribution in [-0.2, 0) is 11.3 Å². The Kier molecular flexibility index (Phi) is 8.35. The van der Waals surface area contributed by atoms with Crippen molar-refractivity contribution in [3.63, 3.8) is 0 Å². The summed E-state index contributed by atoms with van der Waals surface area (Å²) < 4.78 is 23.8. The van der Waals surface area contributed by atoms with Crippen LogP contribution in [-0.4, -0.2) is 37.2 Å². The number of nitrogens with one attached hydrogen (secondary N) is 2. The Labute approximate surface area is 153 Å². The summed E-state index contributed by atoms with van der Waals surface area (Å²) in [6, 6.07) is 9.49. The van der Waals surface area contributed by atoms with Gasteiger partial charge in [-0.3, -0.25) is 0 Å². The molecule has 0 spiro atoms. The van der Waals surface area contributed by atoms with Crippen LogP contribution in [0.5, 0.6) is 11.6 Å². The molecule has 2 N–H and O–H groups in total. The highest BCUT2D eigenvalue weighted by molar-refractivity contribution is 5.79. The van der Waals surface area contributed by atoms with E-state index in [1.165, 1.54) is 12.1 Å². The normalized spacial score (nSPS) is 11.3. The largest absolute Gasteiger partial charge is 0.439 e. The highest BCUT2D eigenvalue weighted by Gasteiger charge is 2.01. The smallest absolute Gasteiger partial charge is 0.219 e. The zero-order chi connectivity index (χ0) is 18.6. The van der Waals surface area contributed by atoms with Crippen molar-refractivity contribution in [1.82, 2.24) is 15.6 Å². The van der Waals surface area contributed by atoms with E-state index in [4.69, 9.17) is 9.47 Å². The lowest BCUT2D eigenvalue weighted by atomic mass is 10.3. The van der Waals surface area contributed by atoms with Crippen molar-refractivity contribution in [3.05, 3.63) is 54.0 Å². The molecule has 2 rings (SSSR count). The summed E-state index contributed by atoms with van der Waals surface area (Å²) in [5, 5.41) is 6.40. The number of ether oxygens (including phenoxy) is 2. The van der Waals surface area contributed by atoms with E-state index in [1.54, 1.807) is 24.4 Å². The summed E-state index contributed by atoms with van der Waals surface area (Å²) in [4.78, 5) is 8.78. The predicted molar refractivity (Wildman–Crippen MR) is 100 cm³/mol. The average Bonchev–Trinajstić information content (AvgIpc) is 2.66. The van der Waals surface area contributed by atoms with Crippen LogP contribution < -0.4 is 15.4 Å². The molecule has 0 aliphatic carbocycles. The van der Waals surface area contributed by atoms with Gasteiger partial charge in [-0.05, 0) is 43.7 Å². The van der Waals surface area contributed by atoms with Crippen molar-refractivity contribution >= 4 is 5.96 Å². The fourth-order valence-corrected chi connectivity index (χ4v) is 2.09. The third-order valence-electron chi connectivity index (χ3n) is 3.34. The number of benzene rings is 1. The van der Waals surface area contributed by atoms with Gasteiger partial charge in [0.15, 0.2) is 5.96 Å². The Morgan fingerprint density at radius 3 is 2.58 bits per heavy atom. The van der Waals surface area contributed by atoms with Gasteiger partial charge in [-0.15, -0.1) is 0 Å². The molecule has 0 fully saturated rings. The number of guanidine groups is 1. The zero-order valence-electron chi connectivity index (χ0n) is 15.2. The molecule has 0 bridgehead atoms. The topological polar surface area (TPSA) is 67.8 Å². The van der Waals surface area contributed by atoms with Gasteiger partial charge in [0.05, 0.1) is 13.2 Å². The molecule has 0 unspecified atom stereocenters. The van der Waals surface area contributed by atoms with Crippen molar-refractivity contribution < 1.29 is 13.9 Å². The molecule has 0 atom stereocenters. The molecule has 0 saturated carbocycles. The van der Waals surface area contributed by atoms with E-state index in [2.05, 4.69) is 20.6 Å². The van der Waals surface area contributed by atoms with Crippen molar-refractivity contribution in [2.24, 2.45) is 4.99 Å². The first-order valence-electron chi connectivity index (χ1n) is 8.69. The Bertz CT molecular complexity index is 675. The summed E-state index contributed by atoms with van der Waals surface area (Å²) in [5.41, 5.74) is 0.957. The first-order valence-corrected chi connectivity index (χ1v) is 8.69. The maximum atomic E-state index is 12.9. The van der Waals surface area contributed by atoms with E-state index in [1.807, 2.05) is 19.9 Å². The Morgan fingerprint density at radius 2 is 1.92 bits per heavy atom. The number of nitrogens with zero attached hydrogens (tertiary/aromatic N) is 2. The summed E-state index contributed by atoms with van der Waals surface area (Å²) in [6.45, 7) is 7.29. The van der Waals surface area contributed by atoms with Crippen LogP contribution in [0, 0.1) is 5.82 Å². The maximum absolute atomic E-state index is 12.9. The summed E-state index contributed by atoms with van der Waals surface area (Å²) in [6.07, 6.45) is 1.71. The Balaban J connectivity index is 1.88. The summed E-state index contributed by atoms with van der Waals surface area (Å²) in [7, 11) is 0. The third kappa shape index (κ3) is 7.06. The number of hydrogen-bond donors (Lipinski definition) is 2. The second-order valence-corrected chi connectivity index (χ2v) is 5.38. The highest BCUT2D eigenvalue weighted by Crippen LogP contribution is 2.19. The van der Waals surface area contributed by atoms with Gasteiger partial charge in [0.25, 0.3) is 0 Å². The Hall–Kier alpha value is -2.67. The molecular weight excluding hydrogens is 335 g/mol. The van der Waals surface area contributed by atoms with Gasteiger partial charge >= 0.3 is 0 Å². The first kappa shape index (κ1) is 19.7. The number of aliphatic imine (C=N–C) groups is 1. The van der Waals surface area contributed by atoms with Crippen LogP contribution in [0.2, 0.25) is 0 Å². The van der Waals surface area contributed by atoms with Gasteiger partial charge < -0.3 is 20.1 Å². The van der Waals surface area contributed by atoms with Crippen LogP contribution >= 0.6 is 0 Å². The molecule has 7 heteroatoms. The van der Waals surface area contributed by atoms with E-state index in [0.717, 1.165) is 18.1 Å². The summed E-state index contributed by atoms with van der Waals surface area (Å²) >= 11 is 0. The molecular formula is C19H25FN4O2. The molecule has 1 heterocycles. The molecule has 26 heavy (non-hydrogen) atoms. The maximum Gasteiger partial charge on any atom is 0.219 e. The summed E-state index contributed by atoms with van der Waals surface area (Å²) in [5.74, 6) is 1.42. The lowest BCUT2D eigenvalue weighted by molar-refractivity contribution is 0.152. The number of rotatable bonds is 9. The third-order valence-corrected chi connectivity index (χ3v) is 3.34. The Morgan fingerprint density at radius 1 is 1.12 bits per heavy atom. The minimum Gasteiger partial charge on any atom is -0.439 e. The van der Waals surface area contributed by atoms with Crippen LogP contribution in [0.25, 0.3) is 0 Å². The highest BCUT2D eigenvalue weighted by atomic mass is 19.1. The molecule has 0 amide bonds. The van der Waals surface area contributed by atoms with Crippen LogP contribution in [0.4, 0.5) is 4.39 Å². The standard InChI is InChI=1S/C19H25FN4O2/c1-3-21-19(22-11-12-25-4-2)24-14-15-5-10-18(23-13-15)26-17-8-6-16(20)7-9-17/h5-10,13H,3-4,11-12,14H2,1-2H3,(H2,21,22,24).